The summed E-state index contributed by atoms with van der Waals surface area (Å²) in [5.74, 6) is 0.630. The van der Waals surface area contributed by atoms with Gasteiger partial charge in [0, 0.05) is 17.3 Å². The van der Waals surface area contributed by atoms with Crippen LogP contribution in [0.15, 0.2) is 35.2 Å². The van der Waals surface area contributed by atoms with Gasteiger partial charge in [-0.25, -0.2) is 0 Å². The van der Waals surface area contributed by atoms with E-state index < -0.39 is 17.1 Å². The first kappa shape index (κ1) is 21.8. The van der Waals surface area contributed by atoms with Crippen molar-refractivity contribution in [3.63, 3.8) is 0 Å². The van der Waals surface area contributed by atoms with E-state index in [0.29, 0.717) is 35.1 Å². The molecule has 0 unspecified atom stereocenters. The summed E-state index contributed by atoms with van der Waals surface area (Å²) < 4.78 is 16.4. The van der Waals surface area contributed by atoms with Crippen LogP contribution in [0.5, 0.6) is 17.2 Å². The van der Waals surface area contributed by atoms with Crippen LogP contribution in [0.1, 0.15) is 23.6 Å². The minimum atomic E-state index is -0.531. The number of hydrogen-bond donors (Lipinski definition) is 1. The second-order valence-electron chi connectivity index (χ2n) is 7.26. The lowest BCUT2D eigenvalue weighted by molar-refractivity contribution is -0.127. The number of hydrogen-bond acceptors (Lipinski definition) is 7. The predicted octanol–water partition coefficient (Wildman–Crippen LogP) is 4.11. The third-order valence-corrected chi connectivity index (χ3v) is 5.92. The quantitative estimate of drug-likeness (QED) is 0.657. The topological polar surface area (TPSA) is 94.2 Å². The van der Waals surface area contributed by atoms with Gasteiger partial charge in [-0.3, -0.25) is 19.3 Å². The highest BCUT2D eigenvalue weighted by atomic mass is 32.2. The van der Waals surface area contributed by atoms with E-state index in [9.17, 15) is 14.4 Å². The Hall–Kier alpha value is -3.46. The molecule has 1 saturated heterocycles. The Morgan fingerprint density at radius 2 is 1.88 bits per heavy atom. The van der Waals surface area contributed by atoms with Gasteiger partial charge in [-0.1, -0.05) is 18.2 Å². The molecule has 2 aliphatic rings. The molecular weight excluding hydrogens is 432 g/mol. The largest absolute Gasteiger partial charge is 0.493 e. The molecule has 8 nitrogen and oxygen atoms in total. The van der Waals surface area contributed by atoms with Crippen molar-refractivity contribution in [1.29, 1.82) is 0 Å². The number of nitrogens with zero attached hydrogens (tertiary/aromatic N) is 1. The maximum absolute atomic E-state index is 12.9. The molecule has 1 fully saturated rings. The zero-order valence-electron chi connectivity index (χ0n) is 17.9. The van der Waals surface area contributed by atoms with E-state index in [2.05, 4.69) is 5.32 Å². The lowest BCUT2D eigenvalue weighted by atomic mass is 10.1. The van der Waals surface area contributed by atoms with Gasteiger partial charge in [-0.2, -0.15) is 0 Å². The van der Waals surface area contributed by atoms with Crippen LogP contribution in [0.3, 0.4) is 0 Å². The summed E-state index contributed by atoms with van der Waals surface area (Å²) in [7, 11) is 0. The number of nitrogens with one attached hydrogen (secondary N) is 1. The second-order valence-corrected chi connectivity index (χ2v) is 8.25. The van der Waals surface area contributed by atoms with Crippen LogP contribution in [0.4, 0.5) is 10.5 Å². The maximum Gasteiger partial charge on any atom is 0.294 e. The number of para-hydroxylation sites is 1. The van der Waals surface area contributed by atoms with E-state index in [-0.39, 0.29) is 18.2 Å². The molecule has 0 bridgehead atoms. The first-order chi connectivity index (χ1) is 15.4. The number of ether oxygens (including phenoxy) is 3. The van der Waals surface area contributed by atoms with Gasteiger partial charge in [0.2, 0.25) is 12.7 Å². The number of fused-ring (bicyclic) bond motifs is 1. The number of rotatable bonds is 6. The maximum atomic E-state index is 12.9. The van der Waals surface area contributed by atoms with Crippen molar-refractivity contribution in [2.45, 2.75) is 20.8 Å². The molecule has 0 aliphatic carbocycles. The van der Waals surface area contributed by atoms with E-state index in [1.165, 1.54) is 0 Å². The van der Waals surface area contributed by atoms with Crippen molar-refractivity contribution >= 4 is 40.6 Å². The molecular formula is C23H22N2O6S. The molecule has 0 spiro atoms. The van der Waals surface area contributed by atoms with Crippen molar-refractivity contribution < 1.29 is 28.6 Å². The molecule has 0 aromatic heterocycles. The third-order valence-electron chi connectivity index (χ3n) is 5.01. The van der Waals surface area contributed by atoms with Gasteiger partial charge in [-0.05, 0) is 55.8 Å². The molecule has 9 heteroatoms. The van der Waals surface area contributed by atoms with Crippen molar-refractivity contribution in [2.24, 2.45) is 0 Å². The zero-order valence-corrected chi connectivity index (χ0v) is 18.7. The van der Waals surface area contributed by atoms with Crippen molar-refractivity contribution in [3.8, 4) is 17.2 Å². The van der Waals surface area contributed by atoms with Gasteiger partial charge < -0.3 is 19.5 Å². The Bertz CT molecular complexity index is 1120. The number of imide groups is 1. The number of carbonyl (C=O) groups excluding carboxylic acids is 3. The van der Waals surface area contributed by atoms with E-state index in [1.54, 1.807) is 18.2 Å². The van der Waals surface area contributed by atoms with Crippen molar-refractivity contribution in [3.05, 3.63) is 51.9 Å². The fourth-order valence-corrected chi connectivity index (χ4v) is 4.27. The minimum absolute atomic E-state index is 0.107. The average Bonchev–Trinajstić information content (AvgIpc) is 3.30. The van der Waals surface area contributed by atoms with Crippen LogP contribution >= 0.6 is 11.8 Å². The molecule has 2 aromatic carbocycles. The van der Waals surface area contributed by atoms with Crippen LogP contribution in [0.25, 0.3) is 6.08 Å². The Kier molecular flexibility index (Phi) is 6.09. The zero-order chi connectivity index (χ0) is 22.8. The summed E-state index contributed by atoms with van der Waals surface area (Å²) in [5.41, 5.74) is 3.07. The van der Waals surface area contributed by atoms with Crippen molar-refractivity contribution in [2.75, 3.05) is 25.3 Å². The molecule has 2 heterocycles. The molecule has 4 rings (SSSR count). The van der Waals surface area contributed by atoms with Crippen LogP contribution in [-0.4, -0.2) is 41.9 Å². The highest BCUT2D eigenvalue weighted by Gasteiger charge is 2.36. The number of thioether (sulfide) groups is 1. The van der Waals surface area contributed by atoms with Crippen LogP contribution in [-0.2, 0) is 9.59 Å². The molecule has 1 N–H and O–H groups in total. The molecule has 32 heavy (non-hydrogen) atoms. The highest BCUT2D eigenvalue weighted by Crippen LogP contribution is 2.41. The molecule has 2 aromatic rings. The number of carbonyl (C=O) groups is 3. The van der Waals surface area contributed by atoms with E-state index >= 15 is 0 Å². The SMILES string of the molecule is CCOc1cc2c(cc1/C=C1/SC(=O)N(CC(=O)Nc3c(C)cccc3C)C1=O)OCO2. The number of aryl methyl sites for hydroxylation is 2. The molecule has 0 saturated carbocycles. The van der Waals surface area contributed by atoms with Crippen LogP contribution in [0, 0.1) is 13.8 Å². The highest BCUT2D eigenvalue weighted by molar-refractivity contribution is 8.18. The van der Waals surface area contributed by atoms with Gasteiger partial charge in [0.05, 0.1) is 11.5 Å². The summed E-state index contributed by atoms with van der Waals surface area (Å²) in [5, 5.41) is 2.30. The molecule has 166 valence electrons. The van der Waals surface area contributed by atoms with Gasteiger partial charge in [0.25, 0.3) is 11.1 Å². The molecule has 0 radical (unpaired) electrons. The van der Waals surface area contributed by atoms with E-state index in [1.807, 2.05) is 39.0 Å². The predicted molar refractivity (Wildman–Crippen MR) is 121 cm³/mol. The first-order valence-electron chi connectivity index (χ1n) is 10.0. The number of amides is 3. The summed E-state index contributed by atoms with van der Waals surface area (Å²) >= 11 is 0.782. The summed E-state index contributed by atoms with van der Waals surface area (Å²) in [4.78, 5) is 39.1. The Labute approximate surface area is 189 Å². The Morgan fingerprint density at radius 3 is 2.56 bits per heavy atom. The summed E-state index contributed by atoms with van der Waals surface area (Å²) in [6.45, 7) is 5.77. The first-order valence-corrected chi connectivity index (χ1v) is 10.9. The van der Waals surface area contributed by atoms with E-state index in [0.717, 1.165) is 27.8 Å². The van der Waals surface area contributed by atoms with Gasteiger partial charge in [0.1, 0.15) is 12.3 Å². The summed E-state index contributed by atoms with van der Waals surface area (Å²) in [6.07, 6.45) is 1.57. The van der Waals surface area contributed by atoms with Crippen molar-refractivity contribution in [1.82, 2.24) is 4.90 Å². The number of benzene rings is 2. The number of anilines is 1. The minimum Gasteiger partial charge on any atom is -0.493 e. The smallest absolute Gasteiger partial charge is 0.294 e. The van der Waals surface area contributed by atoms with Gasteiger partial charge in [0.15, 0.2) is 11.5 Å². The van der Waals surface area contributed by atoms with Gasteiger partial charge in [-0.15, -0.1) is 0 Å². The molecule has 0 atom stereocenters. The third kappa shape index (κ3) is 4.29. The van der Waals surface area contributed by atoms with E-state index in [4.69, 9.17) is 14.2 Å². The normalized spacial score (nSPS) is 16.1. The van der Waals surface area contributed by atoms with Crippen LogP contribution in [0.2, 0.25) is 0 Å². The van der Waals surface area contributed by atoms with Crippen LogP contribution < -0.4 is 19.5 Å². The molecule has 2 aliphatic heterocycles. The van der Waals surface area contributed by atoms with Gasteiger partial charge >= 0.3 is 0 Å². The standard InChI is InChI=1S/C23H22N2O6S/c1-4-29-16-10-18-17(30-12-31-18)8-15(16)9-19-22(27)25(23(28)32-19)11-20(26)24-21-13(2)6-5-7-14(21)3/h5-10H,4,11-12H2,1-3H3,(H,24,26)/b19-9+. The fraction of sp³-hybridized carbons (Fsp3) is 0.261. The average molecular weight is 455 g/mol. The second kappa shape index (κ2) is 8.96. The fourth-order valence-electron chi connectivity index (χ4n) is 3.44. The molecule has 3 amide bonds. The summed E-state index contributed by atoms with van der Waals surface area (Å²) in [6, 6.07) is 9.06. The Balaban J connectivity index is 1.53. The lowest BCUT2D eigenvalue weighted by Crippen LogP contribution is -2.36. The lowest BCUT2D eigenvalue weighted by Gasteiger charge is -2.15. The monoisotopic (exact) mass is 454 g/mol. The Morgan fingerprint density at radius 1 is 1.19 bits per heavy atom.